The van der Waals surface area contributed by atoms with Gasteiger partial charge in [-0.3, -0.25) is 0 Å². The fourth-order valence-corrected chi connectivity index (χ4v) is 1.43. The van der Waals surface area contributed by atoms with Gasteiger partial charge in [-0.1, -0.05) is 6.92 Å². The number of rotatable bonds is 7. The van der Waals surface area contributed by atoms with Gasteiger partial charge in [-0.15, -0.1) is 0 Å². The second-order valence-electron chi connectivity index (χ2n) is 3.45. The Morgan fingerprint density at radius 3 is 2.31 bits per heavy atom. The molecule has 0 heterocycles. The van der Waals surface area contributed by atoms with Crippen LogP contribution >= 0.6 is 0 Å². The summed E-state index contributed by atoms with van der Waals surface area (Å²) in [5.41, 5.74) is 1.08. The average Bonchev–Trinajstić information content (AvgIpc) is 2.30. The zero-order chi connectivity index (χ0) is 11.8. The number of benzene rings is 1. The summed E-state index contributed by atoms with van der Waals surface area (Å²) in [5, 5.41) is 3.33. The Morgan fingerprint density at radius 2 is 1.69 bits per heavy atom. The van der Waals surface area contributed by atoms with Crippen molar-refractivity contribution in [3.8, 4) is 11.5 Å². The zero-order valence-corrected chi connectivity index (χ0v) is 10.4. The van der Waals surface area contributed by atoms with E-state index < -0.39 is 0 Å². The Labute approximate surface area is 97.8 Å². The highest BCUT2D eigenvalue weighted by atomic mass is 16.5. The van der Waals surface area contributed by atoms with E-state index in [4.69, 9.17) is 9.47 Å². The van der Waals surface area contributed by atoms with Gasteiger partial charge in [-0.05, 0) is 32.4 Å². The third-order valence-corrected chi connectivity index (χ3v) is 2.12. The van der Waals surface area contributed by atoms with E-state index >= 15 is 0 Å². The van der Waals surface area contributed by atoms with Crippen LogP contribution < -0.4 is 14.8 Å². The molecule has 3 heteroatoms. The molecule has 0 spiro atoms. The normalized spacial score (nSPS) is 9.94. The van der Waals surface area contributed by atoms with E-state index in [0.717, 1.165) is 30.2 Å². The molecule has 1 N–H and O–H groups in total. The zero-order valence-electron chi connectivity index (χ0n) is 10.4. The summed E-state index contributed by atoms with van der Waals surface area (Å²) in [7, 11) is 0. The van der Waals surface area contributed by atoms with E-state index in [-0.39, 0.29) is 0 Å². The summed E-state index contributed by atoms with van der Waals surface area (Å²) in [6.45, 7) is 8.37. The molecule has 0 saturated carbocycles. The van der Waals surface area contributed by atoms with Crippen molar-refractivity contribution in [1.29, 1.82) is 0 Å². The Bertz CT molecular complexity index is 313. The largest absolute Gasteiger partial charge is 0.490 e. The Kier molecular flexibility index (Phi) is 5.54. The molecule has 1 aromatic carbocycles. The van der Waals surface area contributed by atoms with Crippen molar-refractivity contribution < 1.29 is 9.47 Å². The number of anilines is 1. The lowest BCUT2D eigenvalue weighted by Gasteiger charge is -2.13. The molecular weight excluding hydrogens is 202 g/mol. The van der Waals surface area contributed by atoms with Crippen LogP contribution in [0.3, 0.4) is 0 Å². The van der Waals surface area contributed by atoms with E-state index in [1.54, 1.807) is 0 Å². The molecule has 0 fully saturated rings. The minimum atomic E-state index is 0.650. The lowest BCUT2D eigenvalue weighted by atomic mass is 10.2. The predicted molar refractivity (Wildman–Crippen MR) is 67.6 cm³/mol. The predicted octanol–water partition coefficient (Wildman–Crippen LogP) is 3.31. The first-order valence-electron chi connectivity index (χ1n) is 5.95. The Morgan fingerprint density at radius 1 is 1.00 bits per heavy atom. The van der Waals surface area contributed by atoms with Gasteiger partial charge >= 0.3 is 0 Å². The van der Waals surface area contributed by atoms with E-state index in [1.807, 2.05) is 32.0 Å². The first kappa shape index (κ1) is 12.7. The van der Waals surface area contributed by atoms with Crippen LogP contribution in [0.4, 0.5) is 5.69 Å². The number of nitrogens with one attached hydrogen (secondary N) is 1. The first-order chi connectivity index (χ1) is 7.81. The van der Waals surface area contributed by atoms with Crippen molar-refractivity contribution in [2.24, 2.45) is 0 Å². The van der Waals surface area contributed by atoms with Crippen LogP contribution in [0.15, 0.2) is 18.2 Å². The molecule has 0 amide bonds. The molecule has 0 aromatic heterocycles. The van der Waals surface area contributed by atoms with Gasteiger partial charge in [-0.25, -0.2) is 0 Å². The smallest absolute Gasteiger partial charge is 0.163 e. The van der Waals surface area contributed by atoms with Crippen LogP contribution in [0.5, 0.6) is 11.5 Å². The molecule has 16 heavy (non-hydrogen) atoms. The first-order valence-corrected chi connectivity index (χ1v) is 5.95. The molecule has 0 aliphatic rings. The van der Waals surface area contributed by atoms with Crippen molar-refractivity contribution in [1.82, 2.24) is 0 Å². The standard InChI is InChI=1S/C13H21NO2/c1-4-9-14-11-7-8-12(15-5-2)13(10-11)16-6-3/h7-8,10,14H,4-6,9H2,1-3H3. The topological polar surface area (TPSA) is 30.5 Å². The maximum Gasteiger partial charge on any atom is 0.163 e. The summed E-state index contributed by atoms with van der Waals surface area (Å²) in [5.74, 6) is 1.62. The Hall–Kier alpha value is -1.38. The third kappa shape index (κ3) is 3.65. The fraction of sp³-hybridized carbons (Fsp3) is 0.538. The second kappa shape index (κ2) is 6.99. The molecule has 1 rings (SSSR count). The highest BCUT2D eigenvalue weighted by Gasteiger charge is 2.05. The molecule has 3 nitrogen and oxygen atoms in total. The third-order valence-electron chi connectivity index (χ3n) is 2.12. The average molecular weight is 223 g/mol. The molecule has 0 atom stereocenters. The minimum absolute atomic E-state index is 0.650. The fourth-order valence-electron chi connectivity index (χ4n) is 1.43. The minimum Gasteiger partial charge on any atom is -0.490 e. The van der Waals surface area contributed by atoms with Crippen LogP contribution in [-0.4, -0.2) is 19.8 Å². The number of ether oxygens (including phenoxy) is 2. The van der Waals surface area contributed by atoms with Crippen LogP contribution in [0.25, 0.3) is 0 Å². The van der Waals surface area contributed by atoms with Gasteiger partial charge in [0.15, 0.2) is 11.5 Å². The van der Waals surface area contributed by atoms with E-state index in [0.29, 0.717) is 13.2 Å². The van der Waals surface area contributed by atoms with Crippen molar-refractivity contribution in [3.05, 3.63) is 18.2 Å². The van der Waals surface area contributed by atoms with E-state index in [9.17, 15) is 0 Å². The summed E-state index contributed by atoms with van der Waals surface area (Å²) in [6.07, 6.45) is 1.11. The molecular formula is C13H21NO2. The molecule has 0 unspecified atom stereocenters. The maximum absolute atomic E-state index is 5.55. The molecule has 90 valence electrons. The van der Waals surface area contributed by atoms with E-state index in [1.165, 1.54) is 0 Å². The van der Waals surface area contributed by atoms with Gasteiger partial charge in [0.1, 0.15) is 0 Å². The number of hydrogen-bond acceptors (Lipinski definition) is 3. The van der Waals surface area contributed by atoms with Gasteiger partial charge in [-0.2, -0.15) is 0 Å². The maximum atomic E-state index is 5.55. The highest BCUT2D eigenvalue weighted by molar-refractivity contribution is 5.54. The van der Waals surface area contributed by atoms with Gasteiger partial charge in [0.25, 0.3) is 0 Å². The van der Waals surface area contributed by atoms with Crippen LogP contribution in [0.1, 0.15) is 27.2 Å². The molecule has 0 saturated heterocycles. The quantitative estimate of drug-likeness (QED) is 0.769. The second-order valence-corrected chi connectivity index (χ2v) is 3.45. The summed E-state index contributed by atoms with van der Waals surface area (Å²) < 4.78 is 11.0. The molecule has 0 bridgehead atoms. The van der Waals surface area contributed by atoms with Gasteiger partial charge in [0.05, 0.1) is 13.2 Å². The summed E-state index contributed by atoms with van der Waals surface area (Å²) in [6, 6.07) is 5.96. The lowest BCUT2D eigenvalue weighted by Crippen LogP contribution is -2.02. The van der Waals surface area contributed by atoms with Gasteiger partial charge < -0.3 is 14.8 Å². The monoisotopic (exact) mass is 223 g/mol. The van der Waals surface area contributed by atoms with Crippen molar-refractivity contribution >= 4 is 5.69 Å². The molecule has 0 aliphatic carbocycles. The highest BCUT2D eigenvalue weighted by Crippen LogP contribution is 2.30. The SMILES string of the molecule is CCCNc1ccc(OCC)c(OCC)c1. The van der Waals surface area contributed by atoms with Gasteiger partial charge in [0, 0.05) is 18.3 Å². The van der Waals surface area contributed by atoms with Crippen molar-refractivity contribution in [2.75, 3.05) is 25.1 Å². The molecule has 0 aliphatic heterocycles. The van der Waals surface area contributed by atoms with Crippen LogP contribution in [0, 0.1) is 0 Å². The molecule has 0 radical (unpaired) electrons. The van der Waals surface area contributed by atoms with Crippen LogP contribution in [0.2, 0.25) is 0 Å². The van der Waals surface area contributed by atoms with Crippen molar-refractivity contribution in [3.63, 3.8) is 0 Å². The molecule has 1 aromatic rings. The Balaban J connectivity index is 2.79. The summed E-state index contributed by atoms with van der Waals surface area (Å²) in [4.78, 5) is 0. The van der Waals surface area contributed by atoms with Gasteiger partial charge in [0.2, 0.25) is 0 Å². The van der Waals surface area contributed by atoms with Crippen molar-refractivity contribution in [2.45, 2.75) is 27.2 Å². The lowest BCUT2D eigenvalue weighted by molar-refractivity contribution is 0.288. The van der Waals surface area contributed by atoms with E-state index in [2.05, 4.69) is 12.2 Å². The van der Waals surface area contributed by atoms with Crippen LogP contribution in [-0.2, 0) is 0 Å². The number of hydrogen-bond donors (Lipinski definition) is 1. The summed E-state index contributed by atoms with van der Waals surface area (Å²) >= 11 is 0.